The van der Waals surface area contributed by atoms with Gasteiger partial charge in [-0.3, -0.25) is 4.79 Å². The zero-order chi connectivity index (χ0) is 12.1. The van der Waals surface area contributed by atoms with Gasteiger partial charge in [-0.25, -0.2) is 0 Å². The second-order valence-electron chi connectivity index (χ2n) is 3.92. The third kappa shape index (κ3) is 3.24. The van der Waals surface area contributed by atoms with Gasteiger partial charge in [0.25, 0.3) is 5.91 Å². The van der Waals surface area contributed by atoms with Crippen LogP contribution < -0.4 is 5.32 Å². The predicted octanol–water partition coefficient (Wildman–Crippen LogP) is 0.847. The summed E-state index contributed by atoms with van der Waals surface area (Å²) < 4.78 is 3.74. The number of aromatic nitrogens is 2. The van der Waals surface area contributed by atoms with Crippen LogP contribution in [0.3, 0.4) is 0 Å². The van der Waals surface area contributed by atoms with E-state index >= 15 is 0 Å². The van der Waals surface area contributed by atoms with E-state index in [4.69, 9.17) is 0 Å². The fraction of sp³-hybridized carbons (Fsp3) is 0.700. The van der Waals surface area contributed by atoms with E-state index in [-0.39, 0.29) is 18.4 Å². The van der Waals surface area contributed by atoms with Crippen molar-refractivity contribution in [2.24, 2.45) is 5.92 Å². The van der Waals surface area contributed by atoms with E-state index < -0.39 is 6.10 Å². The Hall–Kier alpha value is -1.01. The molecule has 0 bridgehead atoms. The van der Waals surface area contributed by atoms with Gasteiger partial charge in [0, 0.05) is 6.54 Å². The van der Waals surface area contributed by atoms with Crippen LogP contribution in [0.1, 0.15) is 36.1 Å². The summed E-state index contributed by atoms with van der Waals surface area (Å²) in [6.07, 6.45) is 0.168. The number of aryl methyl sites for hydroxylation is 1. The summed E-state index contributed by atoms with van der Waals surface area (Å²) >= 11 is 1.09. The van der Waals surface area contributed by atoms with Crippen molar-refractivity contribution in [3.8, 4) is 0 Å². The van der Waals surface area contributed by atoms with Crippen LogP contribution in [0, 0.1) is 5.92 Å². The van der Waals surface area contributed by atoms with Crippen molar-refractivity contribution in [1.29, 1.82) is 0 Å². The molecule has 0 radical (unpaired) electrons. The summed E-state index contributed by atoms with van der Waals surface area (Å²) in [5.74, 6) is -0.0721. The summed E-state index contributed by atoms with van der Waals surface area (Å²) in [5, 5.41) is 16.1. The lowest BCUT2D eigenvalue weighted by Crippen LogP contribution is -2.34. The number of aliphatic hydroxyl groups is 1. The minimum atomic E-state index is -0.519. The van der Waals surface area contributed by atoms with Gasteiger partial charge in [0.15, 0.2) is 0 Å². The average molecular weight is 243 g/mol. The quantitative estimate of drug-likeness (QED) is 0.804. The third-order valence-corrected chi connectivity index (χ3v) is 3.11. The van der Waals surface area contributed by atoms with Gasteiger partial charge in [-0.1, -0.05) is 25.3 Å². The number of hydrogen-bond donors (Lipinski definition) is 2. The molecule has 0 aliphatic carbocycles. The van der Waals surface area contributed by atoms with Crippen molar-refractivity contribution in [2.45, 2.75) is 33.3 Å². The molecule has 1 aromatic rings. The van der Waals surface area contributed by atoms with Crippen molar-refractivity contribution in [3.05, 3.63) is 10.6 Å². The molecule has 1 heterocycles. The van der Waals surface area contributed by atoms with Gasteiger partial charge in [-0.05, 0) is 23.9 Å². The molecule has 1 aromatic heterocycles. The maximum Gasteiger partial charge on any atom is 0.265 e. The van der Waals surface area contributed by atoms with Gasteiger partial charge in [-0.2, -0.15) is 0 Å². The van der Waals surface area contributed by atoms with Gasteiger partial charge >= 0.3 is 0 Å². The van der Waals surface area contributed by atoms with E-state index in [1.165, 1.54) is 0 Å². The zero-order valence-electron chi connectivity index (χ0n) is 9.73. The Morgan fingerprint density at radius 1 is 1.56 bits per heavy atom. The van der Waals surface area contributed by atoms with Crippen molar-refractivity contribution >= 4 is 17.4 Å². The number of amides is 1. The minimum absolute atomic E-state index is 0.130. The van der Waals surface area contributed by atoms with Crippen LogP contribution in [0.4, 0.5) is 0 Å². The summed E-state index contributed by atoms with van der Waals surface area (Å²) in [4.78, 5) is 12.3. The van der Waals surface area contributed by atoms with Gasteiger partial charge in [0.05, 0.1) is 11.8 Å². The SMILES string of the molecule is CCc1nnsc1C(=O)NCC(O)C(C)C. The Morgan fingerprint density at radius 2 is 2.25 bits per heavy atom. The Labute approximate surface area is 99.0 Å². The molecule has 0 spiro atoms. The molecule has 5 nitrogen and oxygen atoms in total. The lowest BCUT2D eigenvalue weighted by Gasteiger charge is -2.14. The zero-order valence-corrected chi connectivity index (χ0v) is 10.5. The van der Waals surface area contributed by atoms with Crippen molar-refractivity contribution in [3.63, 3.8) is 0 Å². The molecule has 1 rings (SSSR count). The van der Waals surface area contributed by atoms with Crippen molar-refractivity contribution in [2.75, 3.05) is 6.54 Å². The van der Waals surface area contributed by atoms with E-state index in [0.717, 1.165) is 11.5 Å². The molecule has 16 heavy (non-hydrogen) atoms. The fourth-order valence-corrected chi connectivity index (χ4v) is 1.79. The fourth-order valence-electron chi connectivity index (χ4n) is 1.13. The molecule has 1 atom stereocenters. The molecule has 0 aliphatic rings. The standard InChI is InChI=1S/C10H17N3O2S/c1-4-7-9(16-13-12-7)10(15)11-5-8(14)6(2)3/h6,8,14H,4-5H2,1-3H3,(H,11,15). The van der Waals surface area contributed by atoms with Crippen molar-refractivity contribution < 1.29 is 9.90 Å². The highest BCUT2D eigenvalue weighted by atomic mass is 32.1. The summed E-state index contributed by atoms with van der Waals surface area (Å²) in [6, 6.07) is 0. The number of rotatable bonds is 5. The molecular weight excluding hydrogens is 226 g/mol. The predicted molar refractivity (Wildman–Crippen MR) is 62.5 cm³/mol. The first-order chi connectivity index (χ1) is 7.56. The number of carbonyl (C=O) groups is 1. The molecule has 6 heteroatoms. The van der Waals surface area contributed by atoms with E-state index in [1.807, 2.05) is 20.8 Å². The molecule has 0 saturated carbocycles. The average Bonchev–Trinajstić information content (AvgIpc) is 2.73. The van der Waals surface area contributed by atoms with Crippen LogP contribution in [0.15, 0.2) is 0 Å². The van der Waals surface area contributed by atoms with Crippen molar-refractivity contribution in [1.82, 2.24) is 14.9 Å². The molecular formula is C10H17N3O2S. The summed E-state index contributed by atoms with van der Waals surface area (Å²) in [5.41, 5.74) is 0.710. The van der Waals surface area contributed by atoms with Gasteiger partial charge in [-0.15, -0.1) is 5.10 Å². The first-order valence-corrected chi connectivity index (χ1v) is 6.11. The molecule has 90 valence electrons. The second kappa shape index (κ2) is 5.91. The summed E-state index contributed by atoms with van der Waals surface area (Å²) in [7, 11) is 0. The van der Waals surface area contributed by atoms with E-state index in [9.17, 15) is 9.90 Å². The first-order valence-electron chi connectivity index (χ1n) is 5.33. The van der Waals surface area contributed by atoms with Gasteiger partial charge in [0.2, 0.25) is 0 Å². The van der Waals surface area contributed by atoms with Crippen LogP contribution in [-0.2, 0) is 6.42 Å². The van der Waals surface area contributed by atoms with E-state index in [0.29, 0.717) is 17.0 Å². The van der Waals surface area contributed by atoms with Gasteiger partial charge < -0.3 is 10.4 Å². The number of aliphatic hydroxyl groups excluding tert-OH is 1. The van der Waals surface area contributed by atoms with Crippen LogP contribution in [0.2, 0.25) is 0 Å². The lowest BCUT2D eigenvalue weighted by atomic mass is 10.1. The van der Waals surface area contributed by atoms with Crippen LogP contribution >= 0.6 is 11.5 Å². The number of nitrogens with zero attached hydrogens (tertiary/aromatic N) is 2. The highest BCUT2D eigenvalue weighted by Gasteiger charge is 2.16. The maximum atomic E-state index is 11.7. The molecule has 2 N–H and O–H groups in total. The maximum absolute atomic E-state index is 11.7. The van der Waals surface area contributed by atoms with Crippen LogP contribution in [0.25, 0.3) is 0 Å². The monoisotopic (exact) mass is 243 g/mol. The van der Waals surface area contributed by atoms with Crippen LogP contribution in [-0.4, -0.2) is 33.2 Å². The van der Waals surface area contributed by atoms with Crippen LogP contribution in [0.5, 0.6) is 0 Å². The van der Waals surface area contributed by atoms with E-state index in [1.54, 1.807) is 0 Å². The molecule has 1 unspecified atom stereocenters. The number of nitrogens with one attached hydrogen (secondary N) is 1. The Morgan fingerprint density at radius 3 is 2.81 bits per heavy atom. The first kappa shape index (κ1) is 13.1. The topological polar surface area (TPSA) is 75.1 Å². The molecule has 0 saturated heterocycles. The molecule has 0 fully saturated rings. The Bertz CT molecular complexity index is 352. The normalized spacial score (nSPS) is 12.8. The largest absolute Gasteiger partial charge is 0.391 e. The number of carbonyl (C=O) groups excluding carboxylic acids is 1. The molecule has 0 aliphatic heterocycles. The van der Waals surface area contributed by atoms with E-state index in [2.05, 4.69) is 14.9 Å². The molecule has 1 amide bonds. The minimum Gasteiger partial charge on any atom is -0.391 e. The third-order valence-electron chi connectivity index (χ3n) is 2.34. The Balaban J connectivity index is 2.53. The highest BCUT2D eigenvalue weighted by Crippen LogP contribution is 2.10. The second-order valence-corrected chi connectivity index (χ2v) is 4.68. The van der Waals surface area contributed by atoms with Gasteiger partial charge in [0.1, 0.15) is 4.88 Å². The summed E-state index contributed by atoms with van der Waals surface area (Å²) in [6.45, 7) is 6.00. The Kier molecular flexibility index (Phi) is 4.82. The lowest BCUT2D eigenvalue weighted by molar-refractivity contribution is 0.0874. The smallest absolute Gasteiger partial charge is 0.265 e. The molecule has 0 aromatic carbocycles. The highest BCUT2D eigenvalue weighted by molar-refractivity contribution is 7.08. The number of hydrogen-bond acceptors (Lipinski definition) is 5.